The molecule has 0 bridgehead atoms. The zero-order valence-electron chi connectivity index (χ0n) is 9.51. The van der Waals surface area contributed by atoms with E-state index in [0.717, 1.165) is 5.82 Å². The molecule has 1 aromatic heterocycles. The molecule has 0 saturated heterocycles. The molecule has 0 radical (unpaired) electrons. The van der Waals surface area contributed by atoms with Crippen molar-refractivity contribution in [3.8, 4) is 0 Å². The van der Waals surface area contributed by atoms with E-state index in [9.17, 15) is 0 Å². The van der Waals surface area contributed by atoms with E-state index in [1.54, 1.807) is 0 Å². The topological polar surface area (TPSA) is 24.9 Å². The number of thioether (sulfide) groups is 1. The molecule has 1 rings (SSSR count). The molecule has 1 N–H and O–H groups in total. The minimum absolute atomic E-state index is 0.245. The first-order chi connectivity index (χ1) is 6.42. The zero-order valence-corrected chi connectivity index (χ0v) is 10.3. The summed E-state index contributed by atoms with van der Waals surface area (Å²) in [6.45, 7) is 8.70. The predicted octanol–water partition coefficient (Wildman–Crippen LogP) is 3.32. The van der Waals surface area contributed by atoms with E-state index in [4.69, 9.17) is 0 Å². The molecule has 14 heavy (non-hydrogen) atoms. The third kappa shape index (κ3) is 3.22. The van der Waals surface area contributed by atoms with Gasteiger partial charge in [-0.2, -0.15) is 0 Å². The molecule has 3 heteroatoms. The van der Waals surface area contributed by atoms with Crippen LogP contribution in [0.15, 0.2) is 17.2 Å². The molecular weight excluding hydrogens is 192 g/mol. The third-order valence-electron chi connectivity index (χ3n) is 1.71. The fourth-order valence-electron chi connectivity index (χ4n) is 1.22. The van der Waals surface area contributed by atoms with Crippen LogP contribution in [0.3, 0.4) is 0 Å². The van der Waals surface area contributed by atoms with Crippen molar-refractivity contribution in [3.05, 3.63) is 17.8 Å². The lowest BCUT2D eigenvalue weighted by molar-refractivity contribution is 0.802. The van der Waals surface area contributed by atoms with Crippen molar-refractivity contribution in [3.63, 3.8) is 0 Å². The van der Waals surface area contributed by atoms with Crippen LogP contribution in [0.25, 0.3) is 0 Å². The number of nitrogens with one attached hydrogen (secondary N) is 1. The van der Waals surface area contributed by atoms with Crippen LogP contribution in [0.4, 0.5) is 5.82 Å². The maximum absolute atomic E-state index is 4.35. The van der Waals surface area contributed by atoms with Crippen molar-refractivity contribution in [2.45, 2.75) is 37.3 Å². The van der Waals surface area contributed by atoms with Gasteiger partial charge in [-0.15, -0.1) is 11.8 Å². The summed E-state index contributed by atoms with van der Waals surface area (Å²) in [6, 6.07) is 2.18. The molecule has 2 nitrogen and oxygen atoms in total. The number of nitrogens with zero attached hydrogens (tertiary/aromatic N) is 1. The van der Waals surface area contributed by atoms with Gasteiger partial charge in [-0.25, -0.2) is 4.98 Å². The van der Waals surface area contributed by atoms with E-state index < -0.39 is 0 Å². The molecule has 0 amide bonds. The Bertz CT molecular complexity index is 316. The van der Waals surface area contributed by atoms with E-state index in [0.29, 0.717) is 0 Å². The van der Waals surface area contributed by atoms with E-state index >= 15 is 0 Å². The molecule has 0 saturated carbocycles. The molecule has 0 spiro atoms. The van der Waals surface area contributed by atoms with Crippen LogP contribution in [0.2, 0.25) is 0 Å². The first-order valence-electron chi connectivity index (χ1n) is 4.76. The molecule has 0 aliphatic rings. The van der Waals surface area contributed by atoms with Crippen molar-refractivity contribution in [1.82, 2.24) is 4.98 Å². The Hall–Kier alpha value is -0.700. The number of hydrogen-bond donors (Lipinski definition) is 1. The smallest absolute Gasteiger partial charge is 0.128 e. The minimum Gasteiger partial charge on any atom is -0.373 e. The number of aromatic nitrogens is 1. The highest BCUT2D eigenvalue weighted by Gasteiger charge is 2.12. The highest BCUT2D eigenvalue weighted by atomic mass is 32.2. The van der Waals surface area contributed by atoms with Gasteiger partial charge in [0.25, 0.3) is 0 Å². The highest BCUT2D eigenvalue weighted by Crippen LogP contribution is 2.32. The Morgan fingerprint density at radius 3 is 2.43 bits per heavy atom. The molecule has 0 aromatic carbocycles. The first-order valence-corrected chi connectivity index (χ1v) is 5.57. The number of hydrogen-bond acceptors (Lipinski definition) is 3. The summed E-state index contributed by atoms with van der Waals surface area (Å²) >= 11 is 1.84. The van der Waals surface area contributed by atoms with Crippen LogP contribution < -0.4 is 5.32 Å². The molecule has 1 heterocycles. The van der Waals surface area contributed by atoms with Crippen molar-refractivity contribution < 1.29 is 0 Å². The van der Waals surface area contributed by atoms with Crippen LogP contribution in [-0.4, -0.2) is 16.8 Å². The fraction of sp³-hybridized carbons (Fsp3) is 0.545. The Labute approximate surface area is 90.5 Å². The summed E-state index contributed by atoms with van der Waals surface area (Å²) in [5, 5.41) is 3.06. The molecule has 1 aromatic rings. The Morgan fingerprint density at radius 1 is 1.36 bits per heavy atom. The Morgan fingerprint density at radius 2 is 2.00 bits per heavy atom. The van der Waals surface area contributed by atoms with Crippen molar-refractivity contribution in [2.24, 2.45) is 0 Å². The standard InChI is InChI=1S/C11H18N2S/c1-8-6-9(14-11(2,3)4)7-13-10(8)12-5/h6-7H,1-5H3,(H,12,13). The van der Waals surface area contributed by atoms with Gasteiger partial charge in [0.15, 0.2) is 0 Å². The lowest BCUT2D eigenvalue weighted by atomic mass is 10.3. The van der Waals surface area contributed by atoms with E-state index in [-0.39, 0.29) is 4.75 Å². The lowest BCUT2D eigenvalue weighted by Gasteiger charge is -2.17. The maximum atomic E-state index is 4.35. The van der Waals surface area contributed by atoms with Crippen molar-refractivity contribution >= 4 is 17.6 Å². The van der Waals surface area contributed by atoms with Crippen LogP contribution in [-0.2, 0) is 0 Å². The summed E-state index contributed by atoms with van der Waals surface area (Å²) in [6.07, 6.45) is 1.93. The van der Waals surface area contributed by atoms with Crippen molar-refractivity contribution in [1.29, 1.82) is 0 Å². The number of anilines is 1. The summed E-state index contributed by atoms with van der Waals surface area (Å²) in [5.41, 5.74) is 1.20. The van der Waals surface area contributed by atoms with Gasteiger partial charge in [0.05, 0.1) is 0 Å². The second kappa shape index (κ2) is 4.22. The van der Waals surface area contributed by atoms with E-state index in [2.05, 4.69) is 44.1 Å². The largest absolute Gasteiger partial charge is 0.373 e. The molecule has 0 aliphatic carbocycles. The van der Waals surface area contributed by atoms with E-state index in [1.165, 1.54) is 10.5 Å². The van der Waals surface area contributed by atoms with Crippen LogP contribution in [0, 0.1) is 6.92 Å². The summed E-state index contributed by atoms with van der Waals surface area (Å²) in [4.78, 5) is 5.58. The monoisotopic (exact) mass is 210 g/mol. The third-order valence-corrected chi connectivity index (χ3v) is 2.79. The average Bonchev–Trinajstić information content (AvgIpc) is 2.01. The van der Waals surface area contributed by atoms with Gasteiger partial charge < -0.3 is 5.32 Å². The van der Waals surface area contributed by atoms with Gasteiger partial charge in [0.1, 0.15) is 5.82 Å². The van der Waals surface area contributed by atoms with Crippen LogP contribution >= 0.6 is 11.8 Å². The molecule has 0 fully saturated rings. The highest BCUT2D eigenvalue weighted by molar-refractivity contribution is 8.00. The average molecular weight is 210 g/mol. The first kappa shape index (κ1) is 11.4. The number of rotatable bonds is 2. The number of aryl methyl sites for hydroxylation is 1. The second-order valence-electron chi connectivity index (χ2n) is 4.30. The fourth-order valence-corrected chi connectivity index (χ4v) is 2.27. The molecule has 0 atom stereocenters. The second-order valence-corrected chi connectivity index (χ2v) is 6.20. The van der Waals surface area contributed by atoms with Crippen LogP contribution in [0.1, 0.15) is 26.3 Å². The normalized spacial score (nSPS) is 11.5. The minimum atomic E-state index is 0.245. The van der Waals surface area contributed by atoms with Gasteiger partial charge in [-0.1, -0.05) is 20.8 Å². The Balaban J connectivity index is 2.87. The summed E-state index contributed by atoms with van der Waals surface area (Å²) in [7, 11) is 1.89. The molecular formula is C11H18N2S. The van der Waals surface area contributed by atoms with Gasteiger partial charge in [-0.3, -0.25) is 0 Å². The quantitative estimate of drug-likeness (QED) is 0.758. The maximum Gasteiger partial charge on any atom is 0.128 e. The lowest BCUT2D eigenvalue weighted by Crippen LogP contribution is -2.07. The van der Waals surface area contributed by atoms with Crippen molar-refractivity contribution in [2.75, 3.05) is 12.4 Å². The van der Waals surface area contributed by atoms with E-state index in [1.807, 2.05) is 25.0 Å². The number of pyridine rings is 1. The summed E-state index contributed by atoms with van der Waals surface area (Å²) in [5.74, 6) is 0.961. The Kier molecular flexibility index (Phi) is 3.43. The molecule has 0 aliphatic heterocycles. The van der Waals surface area contributed by atoms with Crippen LogP contribution in [0.5, 0.6) is 0 Å². The zero-order chi connectivity index (χ0) is 10.8. The molecule has 78 valence electrons. The molecule has 0 unspecified atom stereocenters. The van der Waals surface area contributed by atoms with Gasteiger partial charge in [0.2, 0.25) is 0 Å². The van der Waals surface area contributed by atoms with Gasteiger partial charge in [0, 0.05) is 22.9 Å². The summed E-state index contributed by atoms with van der Waals surface area (Å²) < 4.78 is 0.245. The predicted molar refractivity (Wildman–Crippen MR) is 64.1 cm³/mol. The van der Waals surface area contributed by atoms with Gasteiger partial charge in [-0.05, 0) is 18.6 Å². The SMILES string of the molecule is CNc1ncc(SC(C)(C)C)cc1C. The van der Waals surface area contributed by atoms with Gasteiger partial charge >= 0.3 is 0 Å².